The lowest BCUT2D eigenvalue weighted by molar-refractivity contribution is -0.137. The van der Waals surface area contributed by atoms with Gasteiger partial charge in [-0.25, -0.2) is 0 Å². The summed E-state index contributed by atoms with van der Waals surface area (Å²) in [6.07, 6.45) is -3.50. The number of halogens is 3. The van der Waals surface area contributed by atoms with Gasteiger partial charge in [-0.2, -0.15) is 13.2 Å². The fraction of sp³-hybridized carbons (Fsp3) is 0.333. The number of alkyl halides is 3. The average Bonchev–Trinajstić information content (AvgIpc) is 2.05. The topological polar surface area (TPSA) is 42.0 Å². The van der Waals surface area contributed by atoms with Gasteiger partial charge in [-0.05, 0) is 13.0 Å². The molecule has 0 saturated carbocycles. The first-order valence-corrected chi connectivity index (χ1v) is 4.12. The zero-order valence-electron chi connectivity index (χ0n) is 8.14. The number of aromatic nitrogens is 1. The molecule has 0 aromatic carbocycles. The average molecular weight is 218 g/mol. The number of carbonyl (C=O) groups excluding carboxylic acids is 1. The maximum absolute atomic E-state index is 12.5. The van der Waals surface area contributed by atoms with Gasteiger partial charge in [0.1, 0.15) is 0 Å². The lowest BCUT2D eigenvalue weighted by Gasteiger charge is -2.12. The van der Waals surface area contributed by atoms with Gasteiger partial charge in [0.2, 0.25) is 5.91 Å². The smallest absolute Gasteiger partial charge is 0.324 e. The number of hydrogen-bond donors (Lipinski definition) is 1. The normalized spacial score (nSPS) is 11.3. The summed E-state index contributed by atoms with van der Waals surface area (Å²) in [5, 5.41) is 2.09. The molecule has 1 amide bonds. The zero-order valence-corrected chi connectivity index (χ0v) is 8.14. The van der Waals surface area contributed by atoms with Gasteiger partial charge in [-0.1, -0.05) is 0 Å². The van der Waals surface area contributed by atoms with E-state index < -0.39 is 17.6 Å². The third-order valence-electron chi connectivity index (χ3n) is 1.66. The molecule has 1 aromatic rings. The Balaban J connectivity index is 3.20. The van der Waals surface area contributed by atoms with Crippen LogP contribution in [0.15, 0.2) is 12.3 Å². The van der Waals surface area contributed by atoms with Crippen molar-refractivity contribution in [1.82, 2.24) is 4.98 Å². The minimum absolute atomic E-state index is 0.247. The minimum Gasteiger partial charge on any atom is -0.324 e. The van der Waals surface area contributed by atoms with E-state index in [1.807, 2.05) is 0 Å². The molecule has 0 unspecified atom stereocenters. The van der Waals surface area contributed by atoms with Crippen LogP contribution in [-0.2, 0) is 11.0 Å². The Morgan fingerprint density at radius 2 is 2.07 bits per heavy atom. The van der Waals surface area contributed by atoms with Crippen LogP contribution in [0.3, 0.4) is 0 Å². The van der Waals surface area contributed by atoms with Crippen LogP contribution in [0.2, 0.25) is 0 Å². The van der Waals surface area contributed by atoms with Crippen molar-refractivity contribution in [2.24, 2.45) is 0 Å². The number of aryl methyl sites for hydroxylation is 1. The van der Waals surface area contributed by atoms with Crippen molar-refractivity contribution in [3.05, 3.63) is 23.5 Å². The Bertz CT molecular complexity index is 387. The van der Waals surface area contributed by atoms with Crippen molar-refractivity contribution in [3.63, 3.8) is 0 Å². The molecule has 82 valence electrons. The van der Waals surface area contributed by atoms with Crippen LogP contribution in [0.1, 0.15) is 18.2 Å². The number of nitrogens with one attached hydrogen (secondary N) is 1. The summed E-state index contributed by atoms with van der Waals surface area (Å²) in [4.78, 5) is 14.4. The summed E-state index contributed by atoms with van der Waals surface area (Å²) in [5.41, 5.74) is -0.956. The molecule has 0 bridgehead atoms. The predicted molar refractivity (Wildman–Crippen MR) is 48.3 cm³/mol. The molecule has 1 aromatic heterocycles. The first-order valence-electron chi connectivity index (χ1n) is 4.12. The highest BCUT2D eigenvalue weighted by molar-refractivity contribution is 5.89. The molecule has 0 spiro atoms. The standard InChI is InChI=1S/C9H9F3N2O/c1-5-3-7(9(10,11)12)8(4-13-5)14-6(2)15/h3-4H,1-2H3,(H,14,15). The van der Waals surface area contributed by atoms with Crippen LogP contribution >= 0.6 is 0 Å². The van der Waals surface area contributed by atoms with E-state index in [0.29, 0.717) is 0 Å². The van der Waals surface area contributed by atoms with E-state index in [1.54, 1.807) is 0 Å². The lowest BCUT2D eigenvalue weighted by Crippen LogP contribution is -2.14. The van der Waals surface area contributed by atoms with Crippen molar-refractivity contribution in [2.75, 3.05) is 5.32 Å². The van der Waals surface area contributed by atoms with Gasteiger partial charge < -0.3 is 5.32 Å². The van der Waals surface area contributed by atoms with Gasteiger partial charge in [-0.3, -0.25) is 9.78 Å². The van der Waals surface area contributed by atoms with Gasteiger partial charge in [0.25, 0.3) is 0 Å². The van der Waals surface area contributed by atoms with Crippen LogP contribution in [0.25, 0.3) is 0 Å². The van der Waals surface area contributed by atoms with E-state index in [2.05, 4.69) is 10.3 Å². The summed E-state index contributed by atoms with van der Waals surface area (Å²) >= 11 is 0. The second-order valence-corrected chi connectivity index (χ2v) is 3.05. The van der Waals surface area contributed by atoms with E-state index in [1.165, 1.54) is 6.92 Å². The van der Waals surface area contributed by atoms with Gasteiger partial charge >= 0.3 is 6.18 Å². The molecule has 15 heavy (non-hydrogen) atoms. The number of pyridine rings is 1. The summed E-state index contributed by atoms with van der Waals surface area (Å²) in [5.74, 6) is -0.564. The molecule has 1 heterocycles. The summed E-state index contributed by atoms with van der Waals surface area (Å²) in [6.45, 7) is 2.59. The quantitative estimate of drug-likeness (QED) is 0.786. The molecule has 1 N–H and O–H groups in total. The van der Waals surface area contributed by atoms with Crippen molar-refractivity contribution >= 4 is 11.6 Å². The molecule has 0 aliphatic heterocycles. The van der Waals surface area contributed by atoms with Crippen molar-refractivity contribution in [3.8, 4) is 0 Å². The van der Waals surface area contributed by atoms with Crippen molar-refractivity contribution in [1.29, 1.82) is 0 Å². The van der Waals surface area contributed by atoms with E-state index in [-0.39, 0.29) is 11.4 Å². The van der Waals surface area contributed by atoms with Crippen molar-refractivity contribution < 1.29 is 18.0 Å². The SMILES string of the molecule is CC(=O)Nc1cnc(C)cc1C(F)(F)F. The molecule has 0 aliphatic rings. The molecule has 0 radical (unpaired) electrons. The second kappa shape index (κ2) is 3.88. The highest BCUT2D eigenvalue weighted by Gasteiger charge is 2.34. The van der Waals surface area contributed by atoms with E-state index in [4.69, 9.17) is 0 Å². The number of rotatable bonds is 1. The first-order chi connectivity index (χ1) is 6.80. The van der Waals surface area contributed by atoms with Crippen LogP contribution in [0, 0.1) is 6.92 Å². The van der Waals surface area contributed by atoms with Crippen LogP contribution in [-0.4, -0.2) is 10.9 Å². The Hall–Kier alpha value is -1.59. The number of anilines is 1. The van der Waals surface area contributed by atoms with Crippen molar-refractivity contribution in [2.45, 2.75) is 20.0 Å². The maximum atomic E-state index is 12.5. The fourth-order valence-electron chi connectivity index (χ4n) is 1.08. The Kier molecular flexibility index (Phi) is 2.97. The Morgan fingerprint density at radius 3 is 2.53 bits per heavy atom. The lowest BCUT2D eigenvalue weighted by atomic mass is 10.2. The highest BCUT2D eigenvalue weighted by atomic mass is 19.4. The molecule has 0 atom stereocenters. The number of carbonyl (C=O) groups is 1. The van der Waals surface area contributed by atoms with E-state index in [9.17, 15) is 18.0 Å². The number of amides is 1. The predicted octanol–water partition coefficient (Wildman–Crippen LogP) is 2.37. The zero-order chi connectivity index (χ0) is 11.6. The van der Waals surface area contributed by atoms with Crippen LogP contribution < -0.4 is 5.32 Å². The highest BCUT2D eigenvalue weighted by Crippen LogP contribution is 2.34. The molecular weight excluding hydrogens is 209 g/mol. The third-order valence-corrected chi connectivity index (χ3v) is 1.66. The van der Waals surface area contributed by atoms with Crippen LogP contribution in [0.4, 0.5) is 18.9 Å². The molecule has 0 aliphatic carbocycles. The monoisotopic (exact) mass is 218 g/mol. The second-order valence-electron chi connectivity index (χ2n) is 3.05. The Labute approximate surface area is 84.3 Å². The third kappa shape index (κ3) is 2.93. The van der Waals surface area contributed by atoms with Gasteiger partial charge in [0, 0.05) is 12.6 Å². The molecule has 6 heteroatoms. The summed E-state index contributed by atoms with van der Waals surface area (Å²) in [7, 11) is 0. The van der Waals surface area contributed by atoms with Crippen LogP contribution in [0.5, 0.6) is 0 Å². The Morgan fingerprint density at radius 1 is 1.47 bits per heavy atom. The van der Waals surface area contributed by atoms with Gasteiger partial charge in [-0.15, -0.1) is 0 Å². The maximum Gasteiger partial charge on any atom is 0.418 e. The summed E-state index contributed by atoms with van der Waals surface area (Å²) < 4.78 is 37.5. The van der Waals surface area contributed by atoms with E-state index in [0.717, 1.165) is 19.2 Å². The number of nitrogens with zero attached hydrogens (tertiary/aromatic N) is 1. The van der Waals surface area contributed by atoms with E-state index >= 15 is 0 Å². The summed E-state index contributed by atoms with van der Waals surface area (Å²) in [6, 6.07) is 0.894. The van der Waals surface area contributed by atoms with Gasteiger partial charge in [0.15, 0.2) is 0 Å². The molecular formula is C9H9F3N2O. The molecule has 0 saturated heterocycles. The molecule has 3 nitrogen and oxygen atoms in total. The van der Waals surface area contributed by atoms with Gasteiger partial charge in [0.05, 0.1) is 17.4 Å². The first kappa shape index (κ1) is 11.5. The fourth-order valence-corrected chi connectivity index (χ4v) is 1.08. The largest absolute Gasteiger partial charge is 0.418 e. The molecule has 1 rings (SSSR count). The molecule has 0 fully saturated rings. The number of hydrogen-bond acceptors (Lipinski definition) is 2. The minimum atomic E-state index is -4.49.